The molecule has 3 rings (SSSR count). The summed E-state index contributed by atoms with van der Waals surface area (Å²) in [5.41, 5.74) is 0.980. The first-order valence-electron chi connectivity index (χ1n) is 8.97. The van der Waals surface area contributed by atoms with Crippen LogP contribution in [0.2, 0.25) is 5.02 Å². The fraction of sp³-hybridized carbons (Fsp3) is 0.526. The summed E-state index contributed by atoms with van der Waals surface area (Å²) in [5.74, 6) is 0.120. The molecule has 1 saturated carbocycles. The van der Waals surface area contributed by atoms with E-state index >= 15 is 0 Å². The number of amides is 3. The smallest absolute Gasteiger partial charge is 0.254 e. The first kappa shape index (κ1) is 18.7. The second kappa shape index (κ2) is 7.66. The number of hydrogen-bond acceptors (Lipinski definition) is 3. The van der Waals surface area contributed by atoms with Crippen molar-refractivity contribution in [2.75, 3.05) is 32.5 Å². The Balaban J connectivity index is 1.56. The molecule has 1 aromatic carbocycles. The van der Waals surface area contributed by atoms with Crippen LogP contribution in [-0.2, 0) is 9.59 Å². The second-order valence-electron chi connectivity index (χ2n) is 7.26. The summed E-state index contributed by atoms with van der Waals surface area (Å²) in [7, 11) is 3.32. The predicted octanol–water partition coefficient (Wildman–Crippen LogP) is 2.63. The van der Waals surface area contributed by atoms with Gasteiger partial charge in [-0.1, -0.05) is 11.6 Å². The second-order valence-corrected chi connectivity index (χ2v) is 7.66. The highest BCUT2D eigenvalue weighted by Crippen LogP contribution is 2.32. The van der Waals surface area contributed by atoms with Crippen molar-refractivity contribution >= 4 is 35.0 Å². The lowest BCUT2D eigenvalue weighted by Gasteiger charge is -2.31. The summed E-state index contributed by atoms with van der Waals surface area (Å²) < 4.78 is 0. The number of nitrogens with one attached hydrogen (secondary N) is 1. The molecule has 0 unspecified atom stereocenters. The number of carbonyl (C=O) groups is 3. The fourth-order valence-corrected chi connectivity index (χ4v) is 3.46. The Morgan fingerprint density at radius 1 is 1.08 bits per heavy atom. The van der Waals surface area contributed by atoms with Crippen LogP contribution in [0.15, 0.2) is 18.2 Å². The highest BCUT2D eigenvalue weighted by molar-refractivity contribution is 6.34. The summed E-state index contributed by atoms with van der Waals surface area (Å²) in [6.07, 6.45) is 3.36. The highest BCUT2D eigenvalue weighted by Gasteiger charge is 2.36. The van der Waals surface area contributed by atoms with Crippen LogP contribution in [0.1, 0.15) is 36.0 Å². The number of piperidine rings is 1. The van der Waals surface area contributed by atoms with Crippen LogP contribution in [0, 0.1) is 11.8 Å². The molecule has 0 bridgehead atoms. The minimum atomic E-state index is -0.180. The Bertz CT molecular complexity index is 723. The van der Waals surface area contributed by atoms with E-state index in [1.54, 1.807) is 32.3 Å². The van der Waals surface area contributed by atoms with Crippen LogP contribution >= 0.6 is 11.6 Å². The van der Waals surface area contributed by atoms with Gasteiger partial charge in [-0.3, -0.25) is 14.4 Å². The largest absolute Gasteiger partial charge is 0.345 e. The summed E-state index contributed by atoms with van der Waals surface area (Å²) in [6, 6.07) is 4.91. The van der Waals surface area contributed by atoms with Crippen LogP contribution in [0.5, 0.6) is 0 Å². The van der Waals surface area contributed by atoms with E-state index in [0.717, 1.165) is 12.8 Å². The normalized spacial score (nSPS) is 17.7. The summed E-state index contributed by atoms with van der Waals surface area (Å²) in [5, 5.41) is 3.19. The number of anilines is 1. The van der Waals surface area contributed by atoms with Gasteiger partial charge < -0.3 is 15.1 Å². The Morgan fingerprint density at radius 3 is 2.27 bits per heavy atom. The lowest BCUT2D eigenvalue weighted by atomic mass is 9.95. The molecule has 1 aliphatic heterocycles. The van der Waals surface area contributed by atoms with Gasteiger partial charge in [0.25, 0.3) is 5.91 Å². The van der Waals surface area contributed by atoms with Crippen molar-refractivity contribution in [2.24, 2.45) is 11.8 Å². The van der Waals surface area contributed by atoms with Gasteiger partial charge in [0, 0.05) is 44.7 Å². The molecule has 1 N–H and O–H groups in total. The minimum absolute atomic E-state index is 0.0636. The van der Waals surface area contributed by atoms with Crippen molar-refractivity contribution in [1.82, 2.24) is 9.80 Å². The molecule has 0 radical (unpaired) electrons. The van der Waals surface area contributed by atoms with Gasteiger partial charge in [-0.15, -0.1) is 0 Å². The van der Waals surface area contributed by atoms with Gasteiger partial charge in [0.15, 0.2) is 0 Å². The third-order valence-electron chi connectivity index (χ3n) is 4.98. The number of nitrogens with zero attached hydrogens (tertiary/aromatic N) is 2. The molecule has 0 atom stereocenters. The molecule has 1 aliphatic carbocycles. The predicted molar refractivity (Wildman–Crippen MR) is 100 cm³/mol. The SMILES string of the molecule is CN(C)C(=O)c1ccc(NC(=O)C2CCN(C(=O)C3CC3)CC2)cc1Cl. The Labute approximate surface area is 158 Å². The average Bonchev–Trinajstić information content (AvgIpc) is 3.46. The van der Waals surface area contributed by atoms with E-state index < -0.39 is 0 Å². The molecule has 0 spiro atoms. The molecule has 6 nitrogen and oxygen atoms in total. The maximum absolute atomic E-state index is 12.5. The molecular formula is C19H24ClN3O3. The quantitative estimate of drug-likeness (QED) is 0.876. The Hall–Kier alpha value is -2.08. The first-order valence-corrected chi connectivity index (χ1v) is 9.35. The van der Waals surface area contributed by atoms with Crippen LogP contribution in [0.3, 0.4) is 0 Å². The molecule has 26 heavy (non-hydrogen) atoms. The van der Waals surface area contributed by atoms with E-state index in [9.17, 15) is 14.4 Å². The van der Waals surface area contributed by atoms with Crippen LogP contribution < -0.4 is 5.32 Å². The number of benzene rings is 1. The zero-order chi connectivity index (χ0) is 18.8. The van der Waals surface area contributed by atoms with Crippen molar-refractivity contribution in [3.63, 3.8) is 0 Å². The monoisotopic (exact) mass is 377 g/mol. The van der Waals surface area contributed by atoms with Crippen molar-refractivity contribution in [3.05, 3.63) is 28.8 Å². The molecule has 2 fully saturated rings. The number of carbonyl (C=O) groups excluding carboxylic acids is 3. The van der Waals surface area contributed by atoms with Gasteiger partial charge in [0.05, 0.1) is 10.6 Å². The standard InChI is InChI=1S/C19H24ClN3O3/c1-22(2)19(26)15-6-5-14(11-16(15)20)21-17(24)12-7-9-23(10-8-12)18(25)13-3-4-13/h5-6,11-13H,3-4,7-10H2,1-2H3,(H,21,24). The van der Waals surface area contributed by atoms with Gasteiger partial charge in [0.2, 0.25) is 11.8 Å². The van der Waals surface area contributed by atoms with E-state index in [2.05, 4.69) is 5.32 Å². The molecular weight excluding hydrogens is 354 g/mol. The van der Waals surface area contributed by atoms with E-state index in [-0.39, 0.29) is 29.6 Å². The lowest BCUT2D eigenvalue weighted by Crippen LogP contribution is -2.42. The van der Waals surface area contributed by atoms with E-state index in [0.29, 0.717) is 42.2 Å². The van der Waals surface area contributed by atoms with Gasteiger partial charge in [-0.05, 0) is 43.9 Å². The topological polar surface area (TPSA) is 69.7 Å². The maximum atomic E-state index is 12.5. The fourth-order valence-electron chi connectivity index (χ4n) is 3.20. The molecule has 2 aliphatic rings. The van der Waals surface area contributed by atoms with E-state index in [1.807, 2.05) is 4.90 Å². The summed E-state index contributed by atoms with van der Waals surface area (Å²) >= 11 is 6.18. The average molecular weight is 378 g/mol. The lowest BCUT2D eigenvalue weighted by molar-refractivity contribution is -0.135. The molecule has 1 heterocycles. The van der Waals surface area contributed by atoms with Gasteiger partial charge in [0.1, 0.15) is 0 Å². The summed E-state index contributed by atoms with van der Waals surface area (Å²) in [4.78, 5) is 39.9. The van der Waals surface area contributed by atoms with E-state index in [1.165, 1.54) is 4.90 Å². The molecule has 1 aromatic rings. The van der Waals surface area contributed by atoms with Crippen LogP contribution in [0.4, 0.5) is 5.69 Å². The molecule has 7 heteroatoms. The van der Waals surface area contributed by atoms with Crippen LogP contribution in [-0.4, -0.2) is 54.7 Å². The van der Waals surface area contributed by atoms with Crippen LogP contribution in [0.25, 0.3) is 0 Å². The summed E-state index contributed by atoms with van der Waals surface area (Å²) in [6.45, 7) is 1.29. The number of hydrogen-bond donors (Lipinski definition) is 1. The molecule has 0 aromatic heterocycles. The van der Waals surface area contributed by atoms with Crippen molar-refractivity contribution < 1.29 is 14.4 Å². The highest BCUT2D eigenvalue weighted by atomic mass is 35.5. The number of halogens is 1. The van der Waals surface area contributed by atoms with Crippen molar-refractivity contribution in [3.8, 4) is 0 Å². The maximum Gasteiger partial charge on any atom is 0.254 e. The Morgan fingerprint density at radius 2 is 1.73 bits per heavy atom. The molecule has 1 saturated heterocycles. The Kier molecular flexibility index (Phi) is 5.51. The van der Waals surface area contributed by atoms with E-state index in [4.69, 9.17) is 11.6 Å². The third kappa shape index (κ3) is 4.18. The van der Waals surface area contributed by atoms with Crippen molar-refractivity contribution in [1.29, 1.82) is 0 Å². The number of rotatable bonds is 4. The zero-order valence-corrected chi connectivity index (χ0v) is 15.9. The van der Waals surface area contributed by atoms with Gasteiger partial charge >= 0.3 is 0 Å². The minimum Gasteiger partial charge on any atom is -0.345 e. The molecule has 140 valence electrons. The first-order chi connectivity index (χ1) is 12.4. The van der Waals surface area contributed by atoms with Gasteiger partial charge in [-0.2, -0.15) is 0 Å². The number of likely N-dealkylation sites (tertiary alicyclic amines) is 1. The zero-order valence-electron chi connectivity index (χ0n) is 15.1. The third-order valence-corrected chi connectivity index (χ3v) is 5.29. The van der Waals surface area contributed by atoms with Crippen molar-refractivity contribution in [2.45, 2.75) is 25.7 Å². The molecule has 3 amide bonds. The van der Waals surface area contributed by atoms with Gasteiger partial charge in [-0.25, -0.2) is 0 Å².